The van der Waals surface area contributed by atoms with Gasteiger partial charge < -0.3 is 4.74 Å². The Balaban J connectivity index is 2.05. The Morgan fingerprint density at radius 1 is 1.30 bits per heavy atom. The molecule has 1 heterocycles. The highest BCUT2D eigenvalue weighted by Gasteiger charge is 2.22. The molecule has 1 aliphatic heterocycles. The summed E-state index contributed by atoms with van der Waals surface area (Å²) < 4.78 is 30.4. The van der Waals surface area contributed by atoms with Gasteiger partial charge in [0.15, 0.2) is 0 Å². The topological polar surface area (TPSA) is 24.8 Å². The molecule has 0 atom stereocenters. The maximum Gasteiger partial charge on any atom is 0.394 e. The highest BCUT2D eigenvalue weighted by atomic mass is 19.3. The Morgan fingerprint density at radius 2 is 1.93 bits per heavy atom. The minimum absolute atomic E-state index is 0.148. The van der Waals surface area contributed by atoms with E-state index < -0.39 is 6.11 Å². The zero-order chi connectivity index (χ0) is 19.9. The first-order valence-electron chi connectivity index (χ1n) is 9.46. The molecule has 0 aliphatic carbocycles. The van der Waals surface area contributed by atoms with Crippen LogP contribution in [0.4, 0.5) is 8.78 Å². The second-order valence-electron chi connectivity index (χ2n) is 7.40. The number of aliphatic imine (C=N–C) groups is 1. The minimum atomic E-state index is -3.18. The molecule has 2 rings (SSSR count). The summed E-state index contributed by atoms with van der Waals surface area (Å²) in [4.78, 5) is 6.50. The number of likely N-dealkylation sites (tertiary alicyclic amines) is 1. The first kappa shape index (κ1) is 21.3. The molecule has 1 aliphatic rings. The van der Waals surface area contributed by atoms with Gasteiger partial charge in [-0.05, 0) is 80.4 Å². The second kappa shape index (κ2) is 9.79. The van der Waals surface area contributed by atoms with Crippen LogP contribution in [0.25, 0.3) is 6.08 Å². The van der Waals surface area contributed by atoms with Gasteiger partial charge >= 0.3 is 6.11 Å². The van der Waals surface area contributed by atoms with Gasteiger partial charge in [0.25, 0.3) is 0 Å². The van der Waals surface area contributed by atoms with Crippen molar-refractivity contribution in [1.82, 2.24) is 4.90 Å². The average Bonchev–Trinajstić information content (AvgIpc) is 2.61. The van der Waals surface area contributed by atoms with Gasteiger partial charge in [-0.1, -0.05) is 25.1 Å². The molecule has 1 aromatic rings. The van der Waals surface area contributed by atoms with E-state index in [9.17, 15) is 8.78 Å². The predicted molar refractivity (Wildman–Crippen MR) is 109 cm³/mol. The highest BCUT2D eigenvalue weighted by molar-refractivity contribution is 5.59. The van der Waals surface area contributed by atoms with Crippen LogP contribution in [0.1, 0.15) is 39.2 Å². The molecule has 0 aromatic heterocycles. The molecule has 0 spiro atoms. The van der Waals surface area contributed by atoms with Crippen LogP contribution in [-0.4, -0.2) is 43.9 Å². The van der Waals surface area contributed by atoms with Crippen LogP contribution in [0.3, 0.4) is 0 Å². The average molecular weight is 376 g/mol. The predicted octanol–water partition coefficient (Wildman–Crippen LogP) is 5.44. The maximum absolute atomic E-state index is 12.9. The number of halogens is 2. The Bertz CT molecular complexity index is 667. The fourth-order valence-corrected chi connectivity index (χ4v) is 3.09. The number of rotatable bonds is 8. The van der Waals surface area contributed by atoms with Crippen molar-refractivity contribution in [2.75, 3.05) is 26.2 Å². The Labute approximate surface area is 161 Å². The van der Waals surface area contributed by atoms with Gasteiger partial charge in [-0.15, -0.1) is 0 Å². The lowest BCUT2D eigenvalue weighted by molar-refractivity contribution is -0.158. The standard InChI is InChI=1S/C22H30F2N2O/c1-17-9-12-26(13-10-17)14-11-18(2)20(16-25-4)15-19-5-7-21(8-6-19)27-22(3,23)24/h5-8,11,15,17H,4,9-10,12-14,16H2,1-3H3/b18-11-,20-15-. The number of benzene rings is 1. The normalized spacial score (nSPS) is 17.8. The molecule has 0 radical (unpaired) electrons. The van der Waals surface area contributed by atoms with Crippen molar-refractivity contribution in [1.29, 1.82) is 0 Å². The quantitative estimate of drug-likeness (QED) is 0.446. The highest BCUT2D eigenvalue weighted by Crippen LogP contribution is 2.23. The van der Waals surface area contributed by atoms with Gasteiger partial charge in [0.1, 0.15) is 5.75 Å². The first-order valence-corrected chi connectivity index (χ1v) is 9.46. The van der Waals surface area contributed by atoms with Crippen LogP contribution >= 0.6 is 0 Å². The van der Waals surface area contributed by atoms with Crippen molar-refractivity contribution in [3.63, 3.8) is 0 Å². The molecule has 1 fully saturated rings. The monoisotopic (exact) mass is 376 g/mol. The van der Waals surface area contributed by atoms with Crippen molar-refractivity contribution in [2.45, 2.75) is 39.7 Å². The van der Waals surface area contributed by atoms with Crippen LogP contribution in [0.2, 0.25) is 0 Å². The van der Waals surface area contributed by atoms with Crippen molar-refractivity contribution in [2.24, 2.45) is 10.9 Å². The Morgan fingerprint density at radius 3 is 2.48 bits per heavy atom. The van der Waals surface area contributed by atoms with E-state index in [4.69, 9.17) is 0 Å². The van der Waals surface area contributed by atoms with Gasteiger partial charge in [-0.2, -0.15) is 8.78 Å². The third-order valence-electron chi connectivity index (χ3n) is 4.84. The van der Waals surface area contributed by atoms with Crippen LogP contribution in [0.5, 0.6) is 5.75 Å². The summed E-state index contributed by atoms with van der Waals surface area (Å²) >= 11 is 0. The minimum Gasteiger partial charge on any atom is -0.433 e. The van der Waals surface area contributed by atoms with Crippen molar-refractivity contribution in [3.8, 4) is 5.75 Å². The summed E-state index contributed by atoms with van der Waals surface area (Å²) in [6, 6.07) is 6.64. The lowest BCUT2D eigenvalue weighted by Crippen LogP contribution is -2.33. The zero-order valence-electron chi connectivity index (χ0n) is 16.5. The van der Waals surface area contributed by atoms with Crippen LogP contribution in [0, 0.1) is 5.92 Å². The molecule has 27 heavy (non-hydrogen) atoms. The summed E-state index contributed by atoms with van der Waals surface area (Å²) in [7, 11) is 0. The van der Waals surface area contributed by atoms with E-state index in [0.29, 0.717) is 6.54 Å². The van der Waals surface area contributed by atoms with E-state index in [1.165, 1.54) is 18.4 Å². The Hall–Kier alpha value is -2.01. The number of hydrogen-bond acceptors (Lipinski definition) is 3. The van der Waals surface area contributed by atoms with E-state index in [1.807, 2.05) is 6.08 Å². The lowest BCUT2D eigenvalue weighted by Gasteiger charge is -2.29. The molecular formula is C22H30F2N2O. The molecule has 1 aromatic carbocycles. The number of ether oxygens (including phenoxy) is 1. The van der Waals surface area contributed by atoms with Gasteiger partial charge in [-0.25, -0.2) is 0 Å². The number of piperidine rings is 1. The summed E-state index contributed by atoms with van der Waals surface area (Å²) in [6.07, 6.45) is 3.60. The lowest BCUT2D eigenvalue weighted by atomic mass is 9.99. The second-order valence-corrected chi connectivity index (χ2v) is 7.40. The van der Waals surface area contributed by atoms with E-state index in [-0.39, 0.29) is 5.75 Å². The molecule has 3 nitrogen and oxygen atoms in total. The van der Waals surface area contributed by atoms with E-state index >= 15 is 0 Å². The summed E-state index contributed by atoms with van der Waals surface area (Å²) in [5.41, 5.74) is 3.16. The van der Waals surface area contributed by atoms with E-state index in [1.54, 1.807) is 24.3 Å². The van der Waals surface area contributed by atoms with Crippen LogP contribution < -0.4 is 4.74 Å². The molecule has 1 saturated heterocycles. The maximum atomic E-state index is 12.9. The van der Waals surface area contributed by atoms with Crippen LogP contribution in [-0.2, 0) is 0 Å². The zero-order valence-corrected chi connectivity index (χ0v) is 16.5. The van der Waals surface area contributed by atoms with Crippen molar-refractivity contribution >= 4 is 12.8 Å². The molecule has 5 heteroatoms. The largest absolute Gasteiger partial charge is 0.433 e. The third kappa shape index (κ3) is 7.63. The number of alkyl halides is 2. The van der Waals surface area contributed by atoms with Crippen molar-refractivity contribution < 1.29 is 13.5 Å². The smallest absolute Gasteiger partial charge is 0.394 e. The van der Waals surface area contributed by atoms with Crippen LogP contribution in [0.15, 0.2) is 46.5 Å². The number of hydrogen-bond donors (Lipinski definition) is 0. The SMILES string of the molecule is C=NCC(=C/c1ccc(OC(C)(F)F)cc1)/C(C)=C\CN1CCC(C)CC1. The fourth-order valence-electron chi connectivity index (χ4n) is 3.09. The molecular weight excluding hydrogens is 346 g/mol. The fraction of sp³-hybridized carbons (Fsp3) is 0.500. The van der Waals surface area contributed by atoms with Gasteiger partial charge in [0.2, 0.25) is 0 Å². The third-order valence-corrected chi connectivity index (χ3v) is 4.84. The summed E-state index contributed by atoms with van der Waals surface area (Å²) in [6.45, 7) is 12.5. The molecule has 148 valence electrons. The molecule has 0 bridgehead atoms. The van der Waals surface area contributed by atoms with Crippen molar-refractivity contribution in [3.05, 3.63) is 47.1 Å². The molecule has 0 N–H and O–H groups in total. The van der Waals surface area contributed by atoms with Gasteiger partial charge in [0.05, 0.1) is 6.54 Å². The van der Waals surface area contributed by atoms with Gasteiger partial charge in [-0.3, -0.25) is 9.89 Å². The molecule has 0 saturated carbocycles. The van der Waals surface area contributed by atoms with E-state index in [0.717, 1.165) is 43.6 Å². The summed E-state index contributed by atoms with van der Waals surface area (Å²) in [5, 5.41) is 0. The molecule has 0 unspecified atom stereocenters. The Kier molecular flexibility index (Phi) is 7.72. The first-order chi connectivity index (χ1) is 12.8. The van der Waals surface area contributed by atoms with Gasteiger partial charge in [0, 0.05) is 13.5 Å². The number of nitrogens with zero attached hydrogens (tertiary/aromatic N) is 2. The van der Waals surface area contributed by atoms with E-state index in [2.05, 4.69) is 41.3 Å². The summed E-state index contributed by atoms with van der Waals surface area (Å²) in [5.74, 6) is 0.973. The molecule has 0 amide bonds.